The molecule has 8 nitrogen and oxygen atoms in total. The van der Waals surface area contributed by atoms with Crippen LogP contribution in [0, 0.1) is 5.82 Å². The normalized spacial score (nSPS) is 14.5. The number of imide groups is 1. The minimum absolute atomic E-state index is 0.0615. The summed E-state index contributed by atoms with van der Waals surface area (Å²) in [6.45, 7) is 0.358. The number of carbonyl (C=O) groups is 3. The Morgan fingerprint density at radius 1 is 1.28 bits per heavy atom. The molecule has 2 aromatic rings. The fourth-order valence-corrected chi connectivity index (χ4v) is 2.79. The highest BCUT2D eigenvalue weighted by molar-refractivity contribution is 7.99. The van der Waals surface area contributed by atoms with Crippen molar-refractivity contribution in [3.8, 4) is 0 Å². The second kappa shape index (κ2) is 7.43. The standard InChI is InChI=1S/C15H13FN4O4S/c16-10-3-1-9(2-4-10)11(21)8-25-15-19-18-13(24-15)7-20-6-5-12(22)17-14(20)23/h1-4H,5-8H2,(H,17,22,23). The van der Waals surface area contributed by atoms with Gasteiger partial charge in [0.2, 0.25) is 11.8 Å². The summed E-state index contributed by atoms with van der Waals surface area (Å²) in [6.07, 6.45) is 0.216. The minimum Gasteiger partial charge on any atom is -0.414 e. The maximum absolute atomic E-state index is 12.8. The second-order valence-electron chi connectivity index (χ2n) is 5.21. The Hall–Kier alpha value is -2.75. The Labute approximate surface area is 145 Å². The van der Waals surface area contributed by atoms with E-state index in [1.54, 1.807) is 0 Å². The Morgan fingerprint density at radius 3 is 2.76 bits per heavy atom. The van der Waals surface area contributed by atoms with Gasteiger partial charge in [-0.15, -0.1) is 10.2 Å². The number of hydrogen-bond donors (Lipinski definition) is 1. The fourth-order valence-electron chi connectivity index (χ4n) is 2.12. The molecule has 3 rings (SSSR count). The van der Waals surface area contributed by atoms with Crippen molar-refractivity contribution in [3.63, 3.8) is 0 Å². The molecule has 1 aromatic carbocycles. The molecule has 0 saturated carbocycles. The van der Waals surface area contributed by atoms with E-state index in [1.165, 1.54) is 29.2 Å². The predicted molar refractivity (Wildman–Crippen MR) is 84.3 cm³/mol. The van der Waals surface area contributed by atoms with Gasteiger partial charge in [0.25, 0.3) is 5.22 Å². The summed E-state index contributed by atoms with van der Waals surface area (Å²) in [5.74, 6) is -0.650. The number of nitrogens with zero attached hydrogens (tertiary/aromatic N) is 3. The van der Waals surface area contributed by atoms with E-state index in [-0.39, 0.29) is 48.1 Å². The fraction of sp³-hybridized carbons (Fsp3) is 0.267. The Kier molecular flexibility index (Phi) is 5.08. The zero-order valence-electron chi connectivity index (χ0n) is 12.9. The molecule has 25 heavy (non-hydrogen) atoms. The van der Waals surface area contributed by atoms with Gasteiger partial charge >= 0.3 is 6.03 Å². The molecule has 130 valence electrons. The first kappa shape index (κ1) is 17.1. The number of ketones is 1. The third-order valence-corrected chi connectivity index (χ3v) is 4.23. The number of rotatable bonds is 6. The van der Waals surface area contributed by atoms with Gasteiger partial charge in [0.1, 0.15) is 12.4 Å². The van der Waals surface area contributed by atoms with Crippen LogP contribution in [0.3, 0.4) is 0 Å². The Balaban J connectivity index is 1.53. The van der Waals surface area contributed by atoms with Crippen LogP contribution in [0.2, 0.25) is 0 Å². The molecule has 1 aliphatic rings. The molecule has 0 radical (unpaired) electrons. The third kappa shape index (κ3) is 4.41. The van der Waals surface area contributed by atoms with Gasteiger partial charge < -0.3 is 9.32 Å². The van der Waals surface area contributed by atoms with E-state index in [0.29, 0.717) is 5.56 Å². The first-order valence-electron chi connectivity index (χ1n) is 7.34. The van der Waals surface area contributed by atoms with Crippen molar-refractivity contribution < 1.29 is 23.2 Å². The molecule has 0 spiro atoms. The van der Waals surface area contributed by atoms with Crippen LogP contribution in [0.4, 0.5) is 9.18 Å². The zero-order valence-corrected chi connectivity index (χ0v) is 13.7. The molecule has 3 amide bonds. The molecule has 1 N–H and O–H groups in total. The van der Waals surface area contributed by atoms with Gasteiger partial charge in [0, 0.05) is 18.5 Å². The molecule has 1 fully saturated rings. The number of nitrogens with one attached hydrogen (secondary N) is 1. The molecule has 10 heteroatoms. The van der Waals surface area contributed by atoms with Gasteiger partial charge in [-0.1, -0.05) is 11.8 Å². The first-order chi connectivity index (χ1) is 12.0. The number of amides is 3. The summed E-state index contributed by atoms with van der Waals surface area (Å²) in [6, 6.07) is 4.76. The summed E-state index contributed by atoms with van der Waals surface area (Å²) < 4.78 is 18.2. The molecular weight excluding hydrogens is 351 g/mol. The van der Waals surface area contributed by atoms with Gasteiger partial charge in [-0.3, -0.25) is 14.9 Å². The van der Waals surface area contributed by atoms with Crippen molar-refractivity contribution in [3.05, 3.63) is 41.5 Å². The first-order valence-corrected chi connectivity index (χ1v) is 8.32. The maximum atomic E-state index is 12.8. The van der Waals surface area contributed by atoms with Crippen LogP contribution < -0.4 is 5.32 Å². The maximum Gasteiger partial charge on any atom is 0.324 e. The van der Waals surface area contributed by atoms with Crippen LogP contribution in [-0.2, 0) is 11.3 Å². The number of aromatic nitrogens is 2. The molecule has 0 unspecified atom stereocenters. The topological polar surface area (TPSA) is 105 Å². The molecule has 1 saturated heterocycles. The molecular formula is C15H13FN4O4S. The summed E-state index contributed by atoms with van der Waals surface area (Å²) in [5, 5.41) is 10.0. The molecule has 1 aromatic heterocycles. The minimum atomic E-state index is -0.504. The van der Waals surface area contributed by atoms with Crippen LogP contribution >= 0.6 is 11.8 Å². The van der Waals surface area contributed by atoms with Crippen LogP contribution in [0.25, 0.3) is 0 Å². The van der Waals surface area contributed by atoms with E-state index in [1.807, 2.05) is 0 Å². The van der Waals surface area contributed by atoms with Crippen molar-refractivity contribution >= 4 is 29.5 Å². The highest BCUT2D eigenvalue weighted by Crippen LogP contribution is 2.19. The Bertz CT molecular complexity index is 808. The number of Topliss-reactive ketones (excluding diaryl/α,β-unsaturated/α-hetero) is 1. The Morgan fingerprint density at radius 2 is 2.04 bits per heavy atom. The van der Waals surface area contributed by atoms with Crippen molar-refractivity contribution in [2.45, 2.75) is 18.2 Å². The quantitative estimate of drug-likeness (QED) is 0.613. The van der Waals surface area contributed by atoms with Crippen molar-refractivity contribution in [2.75, 3.05) is 12.3 Å². The van der Waals surface area contributed by atoms with Gasteiger partial charge in [0.15, 0.2) is 5.78 Å². The number of thioether (sulfide) groups is 1. The van der Waals surface area contributed by atoms with E-state index >= 15 is 0 Å². The highest BCUT2D eigenvalue weighted by Gasteiger charge is 2.24. The number of urea groups is 1. The number of halogens is 1. The molecule has 0 aliphatic carbocycles. The van der Waals surface area contributed by atoms with E-state index in [9.17, 15) is 18.8 Å². The largest absolute Gasteiger partial charge is 0.414 e. The average Bonchev–Trinajstić information content (AvgIpc) is 3.03. The summed E-state index contributed by atoms with van der Waals surface area (Å²) >= 11 is 1.05. The third-order valence-electron chi connectivity index (χ3n) is 3.41. The summed E-state index contributed by atoms with van der Waals surface area (Å²) in [7, 11) is 0. The van der Waals surface area contributed by atoms with Gasteiger partial charge in [-0.05, 0) is 24.3 Å². The summed E-state index contributed by atoms with van der Waals surface area (Å²) in [4.78, 5) is 36.1. The van der Waals surface area contributed by atoms with Gasteiger partial charge in [-0.25, -0.2) is 9.18 Å². The van der Waals surface area contributed by atoms with E-state index in [2.05, 4.69) is 15.5 Å². The number of hydrogen-bond acceptors (Lipinski definition) is 7. The van der Waals surface area contributed by atoms with Gasteiger partial charge in [0.05, 0.1) is 5.75 Å². The zero-order chi connectivity index (χ0) is 17.8. The van der Waals surface area contributed by atoms with Crippen molar-refractivity contribution in [1.29, 1.82) is 0 Å². The number of benzene rings is 1. The number of carbonyl (C=O) groups excluding carboxylic acids is 3. The lowest BCUT2D eigenvalue weighted by molar-refractivity contribution is -0.121. The molecule has 1 aliphatic heterocycles. The van der Waals surface area contributed by atoms with E-state index in [0.717, 1.165) is 11.8 Å². The lowest BCUT2D eigenvalue weighted by Gasteiger charge is -2.24. The smallest absolute Gasteiger partial charge is 0.324 e. The van der Waals surface area contributed by atoms with Crippen LogP contribution in [0.15, 0.2) is 33.9 Å². The second-order valence-corrected chi connectivity index (χ2v) is 6.13. The predicted octanol–water partition coefficient (Wildman–Crippen LogP) is 1.63. The summed E-state index contributed by atoms with van der Waals surface area (Å²) in [5.41, 5.74) is 0.392. The van der Waals surface area contributed by atoms with Crippen LogP contribution in [-0.4, -0.2) is 45.1 Å². The van der Waals surface area contributed by atoms with Crippen molar-refractivity contribution in [2.24, 2.45) is 0 Å². The lowest BCUT2D eigenvalue weighted by atomic mass is 10.1. The lowest BCUT2D eigenvalue weighted by Crippen LogP contribution is -2.48. The monoisotopic (exact) mass is 364 g/mol. The highest BCUT2D eigenvalue weighted by atomic mass is 32.2. The van der Waals surface area contributed by atoms with Crippen LogP contribution in [0.1, 0.15) is 22.7 Å². The van der Waals surface area contributed by atoms with Crippen molar-refractivity contribution in [1.82, 2.24) is 20.4 Å². The van der Waals surface area contributed by atoms with E-state index < -0.39 is 11.8 Å². The SMILES string of the molecule is O=C1CCN(Cc2nnc(SCC(=O)c3ccc(F)cc3)o2)C(=O)N1. The average molecular weight is 364 g/mol. The molecule has 2 heterocycles. The van der Waals surface area contributed by atoms with Gasteiger partial charge in [-0.2, -0.15) is 0 Å². The van der Waals surface area contributed by atoms with Crippen LogP contribution in [0.5, 0.6) is 0 Å². The van der Waals surface area contributed by atoms with E-state index in [4.69, 9.17) is 4.42 Å². The molecule has 0 bridgehead atoms. The molecule has 0 atom stereocenters.